The summed E-state index contributed by atoms with van der Waals surface area (Å²) in [7, 11) is 1.62. The lowest BCUT2D eigenvalue weighted by molar-refractivity contribution is 0.102. The highest BCUT2D eigenvalue weighted by atomic mass is 32.1. The molecule has 0 aliphatic carbocycles. The monoisotopic (exact) mass is 904 g/mol. The number of carbonyl (C=O) groups excluding carboxylic acids is 2. The topological polar surface area (TPSA) is 99.7 Å². The third-order valence-corrected chi connectivity index (χ3v) is 16.0. The third-order valence-electron chi connectivity index (χ3n) is 10.7. The molecular formula is C47H48N6O3S5. The highest BCUT2D eigenvalue weighted by molar-refractivity contribution is 7.23. The molecule has 0 fully saturated rings. The van der Waals surface area contributed by atoms with E-state index in [0.717, 1.165) is 110 Å². The van der Waals surface area contributed by atoms with E-state index < -0.39 is 0 Å². The number of aromatic nitrogens is 2. The number of ether oxygens (including phenoxy) is 1. The second-order valence-corrected chi connectivity index (χ2v) is 19.5. The fourth-order valence-corrected chi connectivity index (χ4v) is 12.9. The standard InChI is InChI=1S/C24H23N3O2S2.C21H19N3OS3.C2H6/c1-3-27-13-12-17-20(14-27)31-24(26-22(28)15-8-10-16(29-2)11-9-15)21(17)23-25-18-6-4-5-7-19(18)30-23;1-2-24-10-9-13-17(12-24)28-21(23-19(25)16-8-5-11-26-16)18(13)20-22-14-6-3-4-7-15(14)27-20;1-2/h4-11H,3,12-14H2,1-2H3,(H,26,28);3-8,11H,2,9-10,12H2,1H3,(H,23,25);1-2H3. The summed E-state index contributed by atoms with van der Waals surface area (Å²) in [6.07, 6.45) is 1.98. The number of likely N-dealkylation sites (N-methyl/N-ethyl adjacent to an activating group) is 2. The summed E-state index contributed by atoms with van der Waals surface area (Å²) in [5, 5.41) is 12.1. The predicted molar refractivity (Wildman–Crippen MR) is 260 cm³/mol. The number of nitrogens with zero attached hydrogens (tertiary/aromatic N) is 4. The number of thiophene rings is 3. The fourth-order valence-electron chi connectivity index (χ4n) is 7.53. The maximum absolute atomic E-state index is 13.0. The number of para-hydroxylation sites is 2. The number of hydrogen-bond acceptors (Lipinski definition) is 12. The van der Waals surface area contributed by atoms with Gasteiger partial charge in [-0.3, -0.25) is 19.4 Å². The first-order chi connectivity index (χ1) is 29.9. The van der Waals surface area contributed by atoms with Gasteiger partial charge in [0.2, 0.25) is 0 Å². The molecule has 0 bridgehead atoms. The molecule has 7 heterocycles. The summed E-state index contributed by atoms with van der Waals surface area (Å²) >= 11 is 8.26. The van der Waals surface area contributed by atoms with Gasteiger partial charge in [0.25, 0.3) is 11.8 Å². The van der Waals surface area contributed by atoms with Crippen LogP contribution in [0.1, 0.15) is 68.6 Å². The van der Waals surface area contributed by atoms with Gasteiger partial charge in [-0.05, 0) is 97.0 Å². The maximum Gasteiger partial charge on any atom is 0.266 e. The van der Waals surface area contributed by atoms with Crippen LogP contribution < -0.4 is 15.4 Å². The Morgan fingerprint density at radius 2 is 1.16 bits per heavy atom. The number of rotatable bonds is 9. The molecule has 2 aliphatic rings. The fraction of sp³-hybridized carbons (Fsp3) is 0.277. The van der Waals surface area contributed by atoms with E-state index >= 15 is 0 Å². The van der Waals surface area contributed by atoms with E-state index in [1.807, 2.05) is 73.8 Å². The van der Waals surface area contributed by atoms with Crippen LogP contribution in [0.4, 0.5) is 10.0 Å². The van der Waals surface area contributed by atoms with E-state index in [1.165, 1.54) is 36.9 Å². The molecular weight excluding hydrogens is 857 g/mol. The minimum atomic E-state index is -0.115. The van der Waals surface area contributed by atoms with Gasteiger partial charge in [0.15, 0.2) is 0 Å². The molecule has 2 N–H and O–H groups in total. The van der Waals surface area contributed by atoms with Crippen LogP contribution in [-0.2, 0) is 25.9 Å². The van der Waals surface area contributed by atoms with Gasteiger partial charge in [0.05, 0.1) is 32.4 Å². The summed E-state index contributed by atoms with van der Waals surface area (Å²) < 4.78 is 7.55. The van der Waals surface area contributed by atoms with Crippen LogP contribution >= 0.6 is 56.7 Å². The number of anilines is 2. The number of thiazole rings is 2. The molecule has 2 aliphatic heterocycles. The van der Waals surface area contributed by atoms with Crippen molar-refractivity contribution in [3.05, 3.63) is 122 Å². The molecule has 0 atom stereocenters. The average Bonchev–Trinajstić information content (AvgIpc) is 4.15. The van der Waals surface area contributed by atoms with Crippen molar-refractivity contribution in [3.8, 4) is 26.9 Å². The van der Waals surface area contributed by atoms with Crippen molar-refractivity contribution in [1.82, 2.24) is 19.8 Å². The Morgan fingerprint density at radius 1 is 0.656 bits per heavy atom. The smallest absolute Gasteiger partial charge is 0.266 e. The van der Waals surface area contributed by atoms with Crippen molar-refractivity contribution in [3.63, 3.8) is 0 Å². The third kappa shape index (κ3) is 9.22. The SMILES string of the molecule is CC.CCN1CCc2c(sc(NC(=O)c3ccc(OC)cc3)c2-c2nc3ccccc3s2)C1.CCN1CCc2c(sc(NC(=O)c3cccs3)c2-c2nc3ccccc3s2)C1. The van der Waals surface area contributed by atoms with E-state index in [2.05, 4.69) is 52.5 Å². The van der Waals surface area contributed by atoms with E-state index in [-0.39, 0.29) is 11.8 Å². The molecule has 10 rings (SSSR count). The van der Waals surface area contributed by atoms with E-state index in [9.17, 15) is 9.59 Å². The summed E-state index contributed by atoms with van der Waals surface area (Å²) in [5.74, 6) is 0.581. The first-order valence-electron chi connectivity index (χ1n) is 20.6. The second kappa shape index (κ2) is 19.5. The Kier molecular flexibility index (Phi) is 13.7. The van der Waals surface area contributed by atoms with Gasteiger partial charge in [-0.2, -0.15) is 0 Å². The van der Waals surface area contributed by atoms with E-state index in [4.69, 9.17) is 14.7 Å². The molecule has 0 radical (unpaired) electrons. The Bertz CT molecular complexity index is 2700. The molecule has 5 aromatic heterocycles. The lowest BCUT2D eigenvalue weighted by atomic mass is 10.0. The normalized spacial score (nSPS) is 13.7. The Morgan fingerprint density at radius 3 is 1.62 bits per heavy atom. The Labute approximate surface area is 376 Å². The van der Waals surface area contributed by atoms with Gasteiger partial charge < -0.3 is 15.4 Å². The van der Waals surface area contributed by atoms with Crippen molar-refractivity contribution in [2.75, 3.05) is 43.9 Å². The predicted octanol–water partition coefficient (Wildman–Crippen LogP) is 12.4. The number of methoxy groups -OCH3 is 1. The molecule has 0 saturated heterocycles. The molecule has 0 unspecified atom stereocenters. The van der Waals surface area contributed by atoms with Crippen LogP contribution in [-0.4, -0.2) is 64.9 Å². The number of fused-ring (bicyclic) bond motifs is 4. The molecule has 0 spiro atoms. The van der Waals surface area contributed by atoms with Crippen LogP contribution in [0, 0.1) is 0 Å². The largest absolute Gasteiger partial charge is 0.497 e. The first kappa shape index (κ1) is 42.9. The van der Waals surface area contributed by atoms with Gasteiger partial charge in [0, 0.05) is 52.6 Å². The average molecular weight is 905 g/mol. The van der Waals surface area contributed by atoms with Gasteiger partial charge in [-0.15, -0.1) is 56.7 Å². The molecule has 9 nitrogen and oxygen atoms in total. The lowest BCUT2D eigenvalue weighted by Crippen LogP contribution is -2.29. The molecule has 8 aromatic rings. The lowest BCUT2D eigenvalue weighted by Gasteiger charge is -2.25. The Hall–Kier alpha value is -4.80. The summed E-state index contributed by atoms with van der Waals surface area (Å²) in [4.78, 5) is 43.9. The quantitative estimate of drug-likeness (QED) is 0.149. The minimum absolute atomic E-state index is 0.0386. The van der Waals surface area contributed by atoms with Gasteiger partial charge in [-0.1, -0.05) is 58.0 Å². The molecule has 314 valence electrons. The van der Waals surface area contributed by atoms with Gasteiger partial charge >= 0.3 is 0 Å². The van der Waals surface area contributed by atoms with E-state index in [0.29, 0.717) is 5.56 Å². The highest BCUT2D eigenvalue weighted by Gasteiger charge is 2.29. The minimum Gasteiger partial charge on any atom is -0.497 e. The van der Waals surface area contributed by atoms with Crippen molar-refractivity contribution >= 4 is 98.9 Å². The first-order valence-corrected chi connectivity index (χ1v) is 24.8. The van der Waals surface area contributed by atoms with Crippen molar-refractivity contribution in [1.29, 1.82) is 0 Å². The summed E-state index contributed by atoms with van der Waals surface area (Å²) in [6, 6.07) is 27.4. The molecule has 0 saturated carbocycles. The number of carbonyl (C=O) groups is 2. The zero-order valence-electron chi connectivity index (χ0n) is 34.9. The second-order valence-electron chi connectivity index (χ2n) is 14.2. The van der Waals surface area contributed by atoms with Crippen LogP contribution in [0.15, 0.2) is 90.3 Å². The van der Waals surface area contributed by atoms with Crippen molar-refractivity contribution < 1.29 is 14.3 Å². The van der Waals surface area contributed by atoms with Gasteiger partial charge in [-0.25, -0.2) is 9.97 Å². The van der Waals surface area contributed by atoms with Crippen molar-refractivity contribution in [2.24, 2.45) is 0 Å². The zero-order chi connectivity index (χ0) is 42.5. The van der Waals surface area contributed by atoms with Crippen LogP contribution in [0.3, 0.4) is 0 Å². The number of benzene rings is 3. The van der Waals surface area contributed by atoms with Gasteiger partial charge in [0.1, 0.15) is 25.8 Å². The highest BCUT2D eigenvalue weighted by Crippen LogP contribution is 2.47. The number of nitrogens with one attached hydrogen (secondary N) is 2. The molecule has 14 heteroatoms. The number of hydrogen-bond donors (Lipinski definition) is 2. The van der Waals surface area contributed by atoms with Crippen LogP contribution in [0.2, 0.25) is 0 Å². The molecule has 3 aromatic carbocycles. The maximum atomic E-state index is 13.0. The van der Waals surface area contributed by atoms with Crippen LogP contribution in [0.25, 0.3) is 41.6 Å². The summed E-state index contributed by atoms with van der Waals surface area (Å²) in [6.45, 7) is 14.4. The molecule has 61 heavy (non-hydrogen) atoms. The number of amides is 2. The summed E-state index contributed by atoms with van der Waals surface area (Å²) in [5.41, 5.74) is 7.54. The van der Waals surface area contributed by atoms with Crippen molar-refractivity contribution in [2.45, 2.75) is 53.6 Å². The zero-order valence-corrected chi connectivity index (χ0v) is 39.0. The molecule has 2 amide bonds. The van der Waals surface area contributed by atoms with Crippen LogP contribution in [0.5, 0.6) is 5.75 Å². The van der Waals surface area contributed by atoms with E-state index in [1.54, 1.807) is 64.6 Å². The Balaban J connectivity index is 0.000000163.